The van der Waals surface area contributed by atoms with Crippen molar-refractivity contribution in [2.24, 2.45) is 0 Å². The zero-order valence-corrected chi connectivity index (χ0v) is 27.6. The first-order valence-corrected chi connectivity index (χ1v) is 17.4. The van der Waals surface area contributed by atoms with Gasteiger partial charge in [-0.2, -0.15) is 0 Å². The standard InChI is InChI=1S/C45H27N3OS/c1-3-12-28(13-4-1)43-46-44(29-14-5-2-6-15-29)48-45(47-43)31-22-24-35-38-26-30(23-25-40(38)50-41(35)27-31)32-16-7-8-17-33(32)36-19-11-20-37-34-18-9-10-21-39(34)49-42(36)37/h1-27H. The predicted molar refractivity (Wildman–Crippen MR) is 207 cm³/mol. The van der Waals surface area contributed by atoms with E-state index < -0.39 is 0 Å². The molecule has 0 amide bonds. The van der Waals surface area contributed by atoms with Gasteiger partial charge in [0.1, 0.15) is 11.2 Å². The van der Waals surface area contributed by atoms with E-state index in [1.807, 2.05) is 72.8 Å². The Labute approximate surface area is 292 Å². The Morgan fingerprint density at radius 2 is 0.960 bits per heavy atom. The van der Waals surface area contributed by atoms with E-state index in [9.17, 15) is 0 Å². The van der Waals surface area contributed by atoms with Crippen LogP contribution in [0.4, 0.5) is 0 Å². The number of para-hydroxylation sites is 2. The smallest absolute Gasteiger partial charge is 0.164 e. The summed E-state index contributed by atoms with van der Waals surface area (Å²) in [6.07, 6.45) is 0. The molecule has 0 atom stereocenters. The van der Waals surface area contributed by atoms with Gasteiger partial charge in [0.2, 0.25) is 0 Å². The Morgan fingerprint density at radius 1 is 0.360 bits per heavy atom. The predicted octanol–water partition coefficient (Wildman–Crippen LogP) is 12.5. The van der Waals surface area contributed by atoms with Crippen molar-refractivity contribution in [3.8, 4) is 56.4 Å². The molecule has 0 bridgehead atoms. The SMILES string of the molecule is c1ccc(-c2nc(-c3ccccc3)nc(-c3ccc4c(c3)sc3ccc(-c5ccccc5-c5cccc6c5oc5ccccc56)cc34)n2)cc1. The van der Waals surface area contributed by atoms with Crippen LogP contribution in [0.1, 0.15) is 0 Å². The van der Waals surface area contributed by atoms with Crippen LogP contribution in [-0.2, 0) is 0 Å². The molecule has 0 N–H and O–H groups in total. The molecule has 0 aliphatic heterocycles. The number of benzene rings is 7. The minimum absolute atomic E-state index is 0.659. The number of furan rings is 1. The summed E-state index contributed by atoms with van der Waals surface area (Å²) >= 11 is 1.79. The molecule has 5 heteroatoms. The zero-order valence-electron chi connectivity index (χ0n) is 26.7. The first-order chi connectivity index (χ1) is 24.8. The van der Waals surface area contributed by atoms with Crippen LogP contribution in [0.2, 0.25) is 0 Å². The third-order valence-corrected chi connectivity index (χ3v) is 10.5. The van der Waals surface area contributed by atoms with Crippen molar-refractivity contribution in [1.29, 1.82) is 0 Å². The van der Waals surface area contributed by atoms with Gasteiger partial charge in [-0.25, -0.2) is 15.0 Å². The summed E-state index contributed by atoms with van der Waals surface area (Å²) in [5.74, 6) is 1.98. The third kappa shape index (κ3) is 4.79. The molecule has 0 unspecified atom stereocenters. The van der Waals surface area contributed by atoms with Crippen LogP contribution >= 0.6 is 11.3 Å². The summed E-state index contributed by atoms with van der Waals surface area (Å²) in [6.45, 7) is 0. The van der Waals surface area contributed by atoms with Gasteiger partial charge in [0.25, 0.3) is 0 Å². The lowest BCUT2D eigenvalue weighted by Gasteiger charge is -2.11. The second kappa shape index (κ2) is 11.6. The number of hydrogen-bond acceptors (Lipinski definition) is 5. The molecule has 3 aromatic heterocycles. The highest BCUT2D eigenvalue weighted by molar-refractivity contribution is 7.25. The number of nitrogens with zero attached hydrogens (tertiary/aromatic N) is 3. The zero-order chi connectivity index (χ0) is 33.0. The molecule has 0 fully saturated rings. The van der Waals surface area contributed by atoms with Gasteiger partial charge in [-0.1, -0.05) is 140 Å². The van der Waals surface area contributed by atoms with Crippen LogP contribution in [-0.4, -0.2) is 15.0 Å². The van der Waals surface area contributed by atoms with Gasteiger partial charge in [0.05, 0.1) is 0 Å². The summed E-state index contributed by atoms with van der Waals surface area (Å²) in [7, 11) is 0. The number of hydrogen-bond donors (Lipinski definition) is 0. The first kappa shape index (κ1) is 28.6. The number of rotatable bonds is 5. The fourth-order valence-electron chi connectivity index (χ4n) is 6.95. The molecular formula is C45H27N3OS. The number of thiophene rings is 1. The fraction of sp³-hybridized carbons (Fsp3) is 0. The summed E-state index contributed by atoms with van der Waals surface area (Å²) in [5, 5.41) is 4.72. The maximum absolute atomic E-state index is 6.44. The van der Waals surface area contributed by atoms with E-state index in [2.05, 4.69) is 91.0 Å². The molecule has 3 heterocycles. The van der Waals surface area contributed by atoms with E-state index in [4.69, 9.17) is 19.4 Å². The van der Waals surface area contributed by atoms with Gasteiger partial charge in [0.15, 0.2) is 17.5 Å². The first-order valence-electron chi connectivity index (χ1n) is 16.6. The third-order valence-electron chi connectivity index (χ3n) is 9.36. The van der Waals surface area contributed by atoms with E-state index in [1.54, 1.807) is 11.3 Å². The van der Waals surface area contributed by atoms with Crippen LogP contribution in [0.25, 0.3) is 98.5 Å². The molecule has 10 rings (SSSR count). The van der Waals surface area contributed by atoms with E-state index >= 15 is 0 Å². The molecule has 0 spiro atoms. The van der Waals surface area contributed by atoms with Crippen LogP contribution in [0.5, 0.6) is 0 Å². The van der Waals surface area contributed by atoms with E-state index in [1.165, 1.54) is 31.3 Å². The fourth-order valence-corrected chi connectivity index (χ4v) is 8.08. The van der Waals surface area contributed by atoms with Crippen LogP contribution < -0.4 is 0 Å². The average molecular weight is 658 g/mol. The van der Waals surface area contributed by atoms with Gasteiger partial charge < -0.3 is 4.42 Å². The largest absolute Gasteiger partial charge is 0.455 e. The highest BCUT2D eigenvalue weighted by atomic mass is 32.1. The van der Waals surface area contributed by atoms with Crippen LogP contribution in [0, 0.1) is 0 Å². The molecule has 7 aromatic carbocycles. The molecule has 234 valence electrons. The van der Waals surface area contributed by atoms with E-state index in [0.717, 1.165) is 49.8 Å². The Hall–Kier alpha value is -6.43. The number of fused-ring (bicyclic) bond motifs is 6. The van der Waals surface area contributed by atoms with Crippen molar-refractivity contribution in [3.63, 3.8) is 0 Å². The lowest BCUT2D eigenvalue weighted by Crippen LogP contribution is -1.99. The minimum atomic E-state index is 0.659. The normalized spacial score (nSPS) is 11.6. The van der Waals surface area contributed by atoms with Crippen molar-refractivity contribution in [3.05, 3.63) is 164 Å². The molecule has 0 saturated heterocycles. The summed E-state index contributed by atoms with van der Waals surface area (Å²) in [4.78, 5) is 14.8. The second-order valence-corrected chi connectivity index (χ2v) is 13.5. The van der Waals surface area contributed by atoms with Gasteiger partial charge in [-0.3, -0.25) is 0 Å². The number of aromatic nitrogens is 3. The highest BCUT2D eigenvalue weighted by Gasteiger charge is 2.17. The lowest BCUT2D eigenvalue weighted by molar-refractivity contribution is 0.670. The Morgan fingerprint density at radius 3 is 1.72 bits per heavy atom. The van der Waals surface area contributed by atoms with Crippen molar-refractivity contribution in [2.75, 3.05) is 0 Å². The summed E-state index contributed by atoms with van der Waals surface area (Å²) < 4.78 is 8.88. The highest BCUT2D eigenvalue weighted by Crippen LogP contribution is 2.42. The Balaban J connectivity index is 1.09. The van der Waals surface area contributed by atoms with Crippen LogP contribution in [0.3, 0.4) is 0 Å². The molecule has 4 nitrogen and oxygen atoms in total. The second-order valence-electron chi connectivity index (χ2n) is 12.4. The quantitative estimate of drug-likeness (QED) is 0.185. The van der Waals surface area contributed by atoms with Crippen molar-refractivity contribution in [1.82, 2.24) is 15.0 Å². The topological polar surface area (TPSA) is 51.8 Å². The molecule has 50 heavy (non-hydrogen) atoms. The Bertz CT molecular complexity index is 2820. The Kier molecular flexibility index (Phi) is 6.64. The molecular weight excluding hydrogens is 631 g/mol. The van der Waals surface area contributed by atoms with Crippen molar-refractivity contribution < 1.29 is 4.42 Å². The van der Waals surface area contributed by atoms with Crippen LogP contribution in [0.15, 0.2) is 168 Å². The molecule has 0 aliphatic rings. The molecule has 10 aromatic rings. The van der Waals surface area contributed by atoms with Gasteiger partial charge in [-0.05, 0) is 41.0 Å². The molecule has 0 radical (unpaired) electrons. The molecule has 0 aliphatic carbocycles. The maximum Gasteiger partial charge on any atom is 0.164 e. The monoisotopic (exact) mass is 657 g/mol. The van der Waals surface area contributed by atoms with Crippen molar-refractivity contribution >= 4 is 53.4 Å². The van der Waals surface area contributed by atoms with Gasteiger partial charge in [-0.15, -0.1) is 11.3 Å². The van der Waals surface area contributed by atoms with Gasteiger partial charge in [0, 0.05) is 53.2 Å². The van der Waals surface area contributed by atoms with Crippen molar-refractivity contribution in [2.45, 2.75) is 0 Å². The van der Waals surface area contributed by atoms with E-state index in [-0.39, 0.29) is 0 Å². The lowest BCUT2D eigenvalue weighted by atomic mass is 9.93. The average Bonchev–Trinajstić information content (AvgIpc) is 3.76. The van der Waals surface area contributed by atoms with Gasteiger partial charge >= 0.3 is 0 Å². The molecule has 0 saturated carbocycles. The summed E-state index contributed by atoms with van der Waals surface area (Å²) in [5.41, 5.74) is 9.29. The van der Waals surface area contributed by atoms with E-state index in [0.29, 0.717) is 17.5 Å². The maximum atomic E-state index is 6.44. The minimum Gasteiger partial charge on any atom is -0.455 e. The summed E-state index contributed by atoms with van der Waals surface area (Å²) in [6, 6.07) is 56.9.